The molecule has 1 aromatic rings. The topological polar surface area (TPSA) is 76.1 Å². The van der Waals surface area contributed by atoms with Gasteiger partial charge >= 0.3 is 12.1 Å². The number of anilines is 1. The minimum absolute atomic E-state index is 0.0154. The summed E-state index contributed by atoms with van der Waals surface area (Å²) in [6, 6.07) is 2.14. The first-order valence-electron chi connectivity index (χ1n) is 9.34. The van der Waals surface area contributed by atoms with Crippen molar-refractivity contribution < 1.29 is 33.0 Å². The van der Waals surface area contributed by atoms with Crippen LogP contribution in [0.4, 0.5) is 19.3 Å². The molecule has 2 heterocycles. The molecule has 2 aliphatic heterocycles. The Morgan fingerprint density at radius 2 is 2.11 bits per heavy atom. The van der Waals surface area contributed by atoms with Crippen LogP contribution in [0.1, 0.15) is 44.1 Å². The lowest BCUT2D eigenvalue weighted by Gasteiger charge is -2.27. The van der Waals surface area contributed by atoms with E-state index < -0.39 is 41.2 Å². The molecule has 2 saturated heterocycles. The number of nitrogens with zero attached hydrogens (tertiary/aromatic N) is 1. The summed E-state index contributed by atoms with van der Waals surface area (Å²) in [7, 11) is 0. The van der Waals surface area contributed by atoms with Crippen molar-refractivity contribution in [2.75, 3.05) is 23.8 Å². The zero-order valence-corrected chi connectivity index (χ0v) is 16.3. The fourth-order valence-corrected chi connectivity index (χ4v) is 4.42. The third kappa shape index (κ3) is 4.57. The summed E-state index contributed by atoms with van der Waals surface area (Å²) in [5.41, 5.74) is -0.741. The summed E-state index contributed by atoms with van der Waals surface area (Å²) < 4.78 is 39.4. The zero-order chi connectivity index (χ0) is 20.3. The van der Waals surface area contributed by atoms with Crippen molar-refractivity contribution in [3.8, 4) is 0 Å². The van der Waals surface area contributed by atoms with Gasteiger partial charge in [0, 0.05) is 5.56 Å². The molecule has 2 fully saturated rings. The second kappa shape index (κ2) is 9.09. The number of carbonyl (C=O) groups excluding carboxylic acids is 2. The minimum atomic E-state index is -1.12. The monoisotopic (exact) mass is 415 g/mol. The highest BCUT2D eigenvalue weighted by Crippen LogP contribution is 2.39. The second-order valence-corrected chi connectivity index (χ2v) is 8.16. The minimum Gasteiger partial charge on any atom is -0.463 e. The van der Waals surface area contributed by atoms with E-state index in [4.69, 9.17) is 9.47 Å². The van der Waals surface area contributed by atoms with Crippen molar-refractivity contribution in [1.29, 1.82) is 0 Å². The lowest BCUT2D eigenvalue weighted by molar-refractivity contribution is -0.151. The number of cyclic esters (lactones) is 1. The van der Waals surface area contributed by atoms with E-state index >= 15 is 0 Å². The fourth-order valence-electron chi connectivity index (χ4n) is 3.36. The average molecular weight is 415 g/mol. The van der Waals surface area contributed by atoms with Gasteiger partial charge in [0.25, 0.3) is 0 Å². The lowest BCUT2D eigenvalue weighted by atomic mass is 9.91. The van der Waals surface area contributed by atoms with E-state index in [1.54, 1.807) is 0 Å². The number of hydrogen-bond acceptors (Lipinski definition) is 6. The highest BCUT2D eigenvalue weighted by Gasteiger charge is 2.39. The van der Waals surface area contributed by atoms with Crippen molar-refractivity contribution in [2.45, 2.75) is 50.1 Å². The van der Waals surface area contributed by atoms with Crippen molar-refractivity contribution in [3.63, 3.8) is 0 Å². The van der Waals surface area contributed by atoms with Crippen LogP contribution in [-0.2, 0) is 14.3 Å². The molecule has 28 heavy (non-hydrogen) atoms. The van der Waals surface area contributed by atoms with Crippen LogP contribution in [-0.4, -0.2) is 47.6 Å². The Morgan fingerprint density at radius 3 is 2.75 bits per heavy atom. The maximum Gasteiger partial charge on any atom is 0.415 e. The highest BCUT2D eigenvalue weighted by atomic mass is 32.2. The number of thioether (sulfide) groups is 1. The molecular weight excluding hydrogens is 392 g/mol. The van der Waals surface area contributed by atoms with Gasteiger partial charge < -0.3 is 14.6 Å². The van der Waals surface area contributed by atoms with E-state index in [2.05, 4.69) is 0 Å². The van der Waals surface area contributed by atoms with Gasteiger partial charge in [-0.15, -0.1) is 11.8 Å². The van der Waals surface area contributed by atoms with Crippen LogP contribution in [0.15, 0.2) is 12.1 Å². The molecule has 0 radical (unpaired) electrons. The first kappa shape index (κ1) is 20.9. The molecule has 0 aliphatic carbocycles. The van der Waals surface area contributed by atoms with E-state index in [1.165, 1.54) is 11.8 Å². The first-order chi connectivity index (χ1) is 13.4. The van der Waals surface area contributed by atoms with Gasteiger partial charge in [0.05, 0.1) is 24.3 Å². The number of amides is 1. The molecule has 154 valence electrons. The maximum absolute atomic E-state index is 14.7. The van der Waals surface area contributed by atoms with Crippen LogP contribution in [0.3, 0.4) is 0 Å². The van der Waals surface area contributed by atoms with Gasteiger partial charge in [-0.05, 0) is 43.1 Å². The number of ether oxygens (including phenoxy) is 2. The van der Waals surface area contributed by atoms with Gasteiger partial charge in [0.1, 0.15) is 11.6 Å². The van der Waals surface area contributed by atoms with Gasteiger partial charge in [0.2, 0.25) is 6.10 Å². The number of rotatable bonds is 6. The largest absolute Gasteiger partial charge is 0.463 e. The maximum atomic E-state index is 14.7. The number of aliphatic hydroxyl groups excluding tert-OH is 1. The number of hydrogen-bond donors (Lipinski definition) is 1. The van der Waals surface area contributed by atoms with E-state index in [0.717, 1.165) is 23.5 Å². The van der Waals surface area contributed by atoms with Crippen molar-refractivity contribution in [1.82, 2.24) is 0 Å². The molecular formula is C19H23F2NO5S. The predicted molar refractivity (Wildman–Crippen MR) is 100 cm³/mol. The summed E-state index contributed by atoms with van der Waals surface area (Å²) in [4.78, 5) is 25.1. The molecule has 3 atom stereocenters. The average Bonchev–Trinajstić information content (AvgIpc) is 3.03. The number of esters is 1. The molecule has 0 aromatic heterocycles. The number of unbranched alkanes of at least 4 members (excludes halogenated alkanes) is 1. The molecule has 3 rings (SSSR count). The van der Waals surface area contributed by atoms with Gasteiger partial charge in [-0.25, -0.2) is 18.4 Å². The summed E-state index contributed by atoms with van der Waals surface area (Å²) in [6.45, 7) is 2.01. The molecule has 0 spiro atoms. The number of benzene rings is 1. The molecule has 1 aromatic carbocycles. The Kier molecular flexibility index (Phi) is 6.77. The van der Waals surface area contributed by atoms with Gasteiger partial charge in [0.15, 0.2) is 0 Å². The Balaban J connectivity index is 1.73. The summed E-state index contributed by atoms with van der Waals surface area (Å²) >= 11 is 1.36. The summed E-state index contributed by atoms with van der Waals surface area (Å²) in [6.07, 6.45) is 0.407. The molecule has 0 saturated carbocycles. The Labute approximate surface area is 166 Å². The highest BCUT2D eigenvalue weighted by molar-refractivity contribution is 7.99. The molecule has 0 bridgehead atoms. The predicted octanol–water partition coefficient (Wildman–Crippen LogP) is 3.56. The van der Waals surface area contributed by atoms with Crippen molar-refractivity contribution in [2.24, 2.45) is 0 Å². The van der Waals surface area contributed by atoms with Crippen LogP contribution in [0.5, 0.6) is 0 Å². The smallest absolute Gasteiger partial charge is 0.415 e. The molecule has 6 nitrogen and oxygen atoms in total. The normalized spacial score (nSPS) is 24.9. The molecule has 2 aliphatic rings. The third-order valence-corrected chi connectivity index (χ3v) is 5.91. The van der Waals surface area contributed by atoms with Gasteiger partial charge in [-0.1, -0.05) is 13.3 Å². The Hall–Kier alpha value is -1.87. The first-order valence-corrected chi connectivity index (χ1v) is 10.4. The van der Waals surface area contributed by atoms with E-state index in [9.17, 15) is 23.5 Å². The van der Waals surface area contributed by atoms with Crippen molar-refractivity contribution in [3.05, 3.63) is 29.3 Å². The quantitative estimate of drug-likeness (QED) is 0.566. The molecule has 1 N–H and O–H groups in total. The summed E-state index contributed by atoms with van der Waals surface area (Å²) in [5.74, 6) is -2.03. The van der Waals surface area contributed by atoms with Gasteiger partial charge in [-0.2, -0.15) is 0 Å². The van der Waals surface area contributed by atoms with Crippen LogP contribution in [0.25, 0.3) is 0 Å². The lowest BCUT2D eigenvalue weighted by Crippen LogP contribution is -2.29. The molecule has 1 amide bonds. The van der Waals surface area contributed by atoms with Gasteiger partial charge in [-0.3, -0.25) is 4.90 Å². The third-order valence-electron chi connectivity index (χ3n) is 4.86. The van der Waals surface area contributed by atoms with Crippen LogP contribution < -0.4 is 4.90 Å². The van der Waals surface area contributed by atoms with Crippen LogP contribution in [0.2, 0.25) is 0 Å². The van der Waals surface area contributed by atoms with Crippen LogP contribution >= 0.6 is 11.8 Å². The van der Waals surface area contributed by atoms with Crippen molar-refractivity contribution >= 4 is 29.5 Å². The summed E-state index contributed by atoms with van der Waals surface area (Å²) in [5, 5.41) is 9.75. The molecule has 9 heteroatoms. The van der Waals surface area contributed by atoms with E-state index in [-0.39, 0.29) is 30.8 Å². The van der Waals surface area contributed by atoms with E-state index in [0.29, 0.717) is 18.6 Å². The zero-order valence-electron chi connectivity index (χ0n) is 15.5. The number of aliphatic hydroxyl groups is 1. The number of halogens is 2. The SMILES string of the molecule is CCCCOC(=O)[C@H]1CN(c2cc(F)c([C@@H]3CCS[C@@H](O)C3)c(F)c2)C(=O)O1. The number of carbonyl (C=O) groups is 2. The Morgan fingerprint density at radius 1 is 1.39 bits per heavy atom. The Bertz CT molecular complexity index is 724. The standard InChI is InChI=1S/C19H23F2NO5S/c1-2-3-5-26-18(24)15-10-22(19(25)27-15)12-8-13(20)17(14(21)9-12)11-4-6-28-16(23)7-11/h8-9,11,15-16,23H,2-7,10H2,1H3/t11-,15-,16-/m1/s1. The van der Waals surface area contributed by atoms with E-state index in [1.807, 2.05) is 6.92 Å². The van der Waals surface area contributed by atoms with Crippen LogP contribution in [0, 0.1) is 11.6 Å². The second-order valence-electron chi connectivity index (χ2n) is 6.87. The fraction of sp³-hybridized carbons (Fsp3) is 0.579. The molecule has 0 unspecified atom stereocenters.